The first kappa shape index (κ1) is 25.3. The molecule has 0 saturated heterocycles. The fourth-order valence-electron chi connectivity index (χ4n) is 4.18. The van der Waals surface area contributed by atoms with E-state index in [1.165, 1.54) is 17.3 Å². The molecule has 0 radical (unpaired) electrons. The number of likely N-dealkylation sites (N-methyl/N-ethyl adjacent to an activating group) is 1. The van der Waals surface area contributed by atoms with E-state index in [2.05, 4.69) is 43.2 Å². The molecule has 186 valence electrons. The number of anilines is 4. The summed E-state index contributed by atoms with van der Waals surface area (Å²) in [4.78, 5) is 11.3. The van der Waals surface area contributed by atoms with Gasteiger partial charge in [-0.05, 0) is 42.6 Å². The Morgan fingerprint density at radius 3 is 2.71 bits per heavy atom. The SMILES string of the molecule is CCN1CCc2ccc(Nc3ncc(Cl)c(Nc4ccccc4CNS(=O)[O-])n3)c(OC)c2CC1. The van der Waals surface area contributed by atoms with Gasteiger partial charge in [-0.2, -0.15) is 4.98 Å². The lowest BCUT2D eigenvalue weighted by Crippen LogP contribution is -2.25. The first-order valence-corrected chi connectivity index (χ1v) is 12.8. The van der Waals surface area contributed by atoms with Gasteiger partial charge in [0.2, 0.25) is 5.95 Å². The van der Waals surface area contributed by atoms with Gasteiger partial charge in [0.1, 0.15) is 10.8 Å². The van der Waals surface area contributed by atoms with Crippen molar-refractivity contribution in [1.82, 2.24) is 19.6 Å². The van der Waals surface area contributed by atoms with Crippen molar-refractivity contribution in [3.05, 3.63) is 64.3 Å². The van der Waals surface area contributed by atoms with E-state index in [1.54, 1.807) is 7.11 Å². The Morgan fingerprint density at radius 2 is 1.94 bits per heavy atom. The Hall–Kier alpha value is -2.76. The van der Waals surface area contributed by atoms with E-state index in [1.807, 2.05) is 30.3 Å². The largest absolute Gasteiger partial charge is 0.760 e. The second-order valence-corrected chi connectivity index (χ2v) is 9.24. The lowest BCUT2D eigenvalue weighted by atomic mass is 10.0. The quantitative estimate of drug-likeness (QED) is 0.367. The van der Waals surface area contributed by atoms with Crippen LogP contribution in [0.15, 0.2) is 42.6 Å². The number of hydrogen-bond acceptors (Lipinski definition) is 8. The predicted octanol–water partition coefficient (Wildman–Crippen LogP) is 3.93. The number of halogens is 1. The van der Waals surface area contributed by atoms with Crippen molar-refractivity contribution >= 4 is 46.0 Å². The van der Waals surface area contributed by atoms with Gasteiger partial charge in [0.15, 0.2) is 5.82 Å². The molecule has 1 aliphatic rings. The first-order valence-electron chi connectivity index (χ1n) is 11.4. The maximum Gasteiger partial charge on any atom is 0.229 e. The second-order valence-electron chi connectivity index (χ2n) is 8.07. The van der Waals surface area contributed by atoms with E-state index in [4.69, 9.17) is 16.3 Å². The van der Waals surface area contributed by atoms with E-state index >= 15 is 0 Å². The highest BCUT2D eigenvalue weighted by Gasteiger charge is 2.20. The van der Waals surface area contributed by atoms with Crippen LogP contribution in [0.1, 0.15) is 23.6 Å². The van der Waals surface area contributed by atoms with Gasteiger partial charge in [-0.3, -0.25) is 4.21 Å². The normalized spacial score (nSPS) is 14.6. The minimum absolute atomic E-state index is 0.134. The third kappa shape index (κ3) is 6.28. The number of benzene rings is 2. The summed E-state index contributed by atoms with van der Waals surface area (Å²) in [6.07, 6.45) is 3.41. The molecule has 0 amide bonds. The zero-order valence-corrected chi connectivity index (χ0v) is 21.2. The summed E-state index contributed by atoms with van der Waals surface area (Å²) in [7, 11) is 1.68. The maximum absolute atomic E-state index is 10.9. The number of para-hydroxylation sites is 1. The molecule has 3 aromatic rings. The number of methoxy groups -OCH3 is 1. The molecule has 35 heavy (non-hydrogen) atoms. The molecule has 2 heterocycles. The highest BCUT2D eigenvalue weighted by atomic mass is 35.5. The average molecular weight is 516 g/mol. The molecular weight excluding hydrogens is 488 g/mol. The summed E-state index contributed by atoms with van der Waals surface area (Å²) < 4.78 is 30.0. The van der Waals surface area contributed by atoms with Crippen molar-refractivity contribution in [2.45, 2.75) is 26.3 Å². The number of nitrogens with zero attached hydrogens (tertiary/aromatic N) is 3. The summed E-state index contributed by atoms with van der Waals surface area (Å²) in [5.41, 5.74) is 4.71. The minimum atomic E-state index is -2.36. The van der Waals surface area contributed by atoms with E-state index in [0.717, 1.165) is 49.5 Å². The van der Waals surface area contributed by atoms with Crippen LogP contribution in [0.2, 0.25) is 5.02 Å². The monoisotopic (exact) mass is 515 g/mol. The predicted molar refractivity (Wildman–Crippen MR) is 138 cm³/mol. The van der Waals surface area contributed by atoms with Crippen molar-refractivity contribution in [3.8, 4) is 5.75 Å². The topological polar surface area (TPSA) is 114 Å². The van der Waals surface area contributed by atoms with Gasteiger partial charge in [0.05, 0.1) is 19.0 Å². The zero-order valence-electron chi connectivity index (χ0n) is 19.6. The highest BCUT2D eigenvalue weighted by Crippen LogP contribution is 2.35. The van der Waals surface area contributed by atoms with Crippen LogP contribution in [0.5, 0.6) is 5.75 Å². The Balaban J connectivity index is 1.58. The number of hydrogen-bond donors (Lipinski definition) is 3. The van der Waals surface area contributed by atoms with Crippen LogP contribution in [0.4, 0.5) is 23.1 Å². The molecule has 11 heteroatoms. The molecule has 0 saturated carbocycles. The standard InChI is InChI=1S/C24H29ClN6O3S/c1-3-31-12-10-16-8-9-21(22(34-2)18(16)11-13-31)29-24-26-15-19(25)23(30-24)28-20-7-5-4-6-17(20)14-27-35(32)33/h4-9,15,27H,3,10-14H2,1-2H3,(H,32,33)(H2,26,28,29,30)/p-1. The summed E-state index contributed by atoms with van der Waals surface area (Å²) in [5, 5.41) is 6.79. The second kappa shape index (κ2) is 11.8. The van der Waals surface area contributed by atoms with Crippen molar-refractivity contribution in [3.63, 3.8) is 0 Å². The van der Waals surface area contributed by atoms with Gasteiger partial charge in [-0.15, -0.1) is 0 Å². The number of nitrogens with one attached hydrogen (secondary N) is 3. The number of ether oxygens (including phenoxy) is 1. The third-order valence-electron chi connectivity index (χ3n) is 6.03. The lowest BCUT2D eigenvalue weighted by Gasteiger charge is -2.18. The Labute approximate surface area is 212 Å². The van der Waals surface area contributed by atoms with E-state index in [9.17, 15) is 8.76 Å². The molecule has 1 aliphatic heterocycles. The van der Waals surface area contributed by atoms with E-state index in [0.29, 0.717) is 22.5 Å². The van der Waals surface area contributed by atoms with Gasteiger partial charge >= 0.3 is 0 Å². The summed E-state index contributed by atoms with van der Waals surface area (Å²) in [5.74, 6) is 1.55. The molecule has 2 aromatic carbocycles. The van der Waals surface area contributed by atoms with Crippen LogP contribution in [0.3, 0.4) is 0 Å². The fraction of sp³-hybridized carbons (Fsp3) is 0.333. The lowest BCUT2D eigenvalue weighted by molar-refractivity contribution is 0.302. The number of aromatic nitrogens is 2. The van der Waals surface area contributed by atoms with Crippen LogP contribution in [-0.2, 0) is 30.7 Å². The van der Waals surface area contributed by atoms with Gasteiger partial charge in [0, 0.05) is 42.2 Å². The molecule has 4 rings (SSSR count). The number of rotatable bonds is 9. The number of fused-ring (bicyclic) bond motifs is 1. The van der Waals surface area contributed by atoms with Crippen molar-refractivity contribution in [1.29, 1.82) is 0 Å². The van der Waals surface area contributed by atoms with Gasteiger partial charge in [0.25, 0.3) is 0 Å². The fourth-order valence-corrected chi connectivity index (χ4v) is 4.59. The molecule has 1 unspecified atom stereocenters. The zero-order chi connectivity index (χ0) is 24.8. The van der Waals surface area contributed by atoms with Crippen molar-refractivity contribution in [2.75, 3.05) is 37.4 Å². The molecule has 0 aliphatic carbocycles. The Bertz CT molecular complexity index is 1210. The maximum atomic E-state index is 10.9. The molecule has 0 spiro atoms. The molecule has 1 aromatic heterocycles. The Morgan fingerprint density at radius 1 is 1.14 bits per heavy atom. The highest BCUT2D eigenvalue weighted by molar-refractivity contribution is 7.77. The van der Waals surface area contributed by atoms with Crippen LogP contribution in [-0.4, -0.2) is 50.4 Å². The molecule has 1 atom stereocenters. The summed E-state index contributed by atoms with van der Waals surface area (Å²) in [6.45, 7) is 5.38. The smallest absolute Gasteiger partial charge is 0.229 e. The van der Waals surface area contributed by atoms with Crippen LogP contribution >= 0.6 is 11.6 Å². The van der Waals surface area contributed by atoms with Gasteiger partial charge < -0.3 is 24.8 Å². The molecule has 0 fully saturated rings. The van der Waals surface area contributed by atoms with E-state index in [-0.39, 0.29) is 6.54 Å². The Kier molecular flexibility index (Phi) is 8.53. The summed E-state index contributed by atoms with van der Waals surface area (Å²) >= 11 is 4.01. The molecule has 0 bridgehead atoms. The van der Waals surface area contributed by atoms with E-state index < -0.39 is 11.3 Å². The van der Waals surface area contributed by atoms with Crippen LogP contribution in [0, 0.1) is 0 Å². The van der Waals surface area contributed by atoms with Crippen LogP contribution < -0.4 is 20.1 Å². The van der Waals surface area contributed by atoms with Gasteiger partial charge in [-0.1, -0.05) is 42.8 Å². The van der Waals surface area contributed by atoms with Gasteiger partial charge in [-0.25, -0.2) is 9.71 Å². The van der Waals surface area contributed by atoms with Crippen molar-refractivity contribution in [2.24, 2.45) is 0 Å². The summed E-state index contributed by atoms with van der Waals surface area (Å²) in [6, 6.07) is 11.4. The third-order valence-corrected chi connectivity index (χ3v) is 6.68. The first-order chi connectivity index (χ1) is 17.0. The van der Waals surface area contributed by atoms with Crippen LogP contribution in [0.25, 0.3) is 0 Å². The average Bonchev–Trinajstić information content (AvgIpc) is 3.07. The molecule has 3 N–H and O–H groups in total. The molecule has 9 nitrogen and oxygen atoms in total. The molecular formula is C24H28ClN6O3S-. The minimum Gasteiger partial charge on any atom is -0.760 e. The van der Waals surface area contributed by atoms with Crippen molar-refractivity contribution < 1.29 is 13.5 Å².